The van der Waals surface area contributed by atoms with Gasteiger partial charge >= 0.3 is 6.03 Å². The molecular formula is C8H7Cl2N3O2. The van der Waals surface area contributed by atoms with Gasteiger partial charge in [-0.2, -0.15) is 0 Å². The second kappa shape index (κ2) is 4.86. The Bertz CT molecular complexity index is 389. The molecule has 0 bridgehead atoms. The van der Waals surface area contributed by atoms with Crippen LogP contribution in [0.1, 0.15) is 10.4 Å². The van der Waals surface area contributed by atoms with Gasteiger partial charge in [-0.15, -0.1) is 0 Å². The van der Waals surface area contributed by atoms with E-state index < -0.39 is 11.9 Å². The highest BCUT2D eigenvalue weighted by Crippen LogP contribution is 2.23. The normalized spacial score (nSPS) is 9.47. The van der Waals surface area contributed by atoms with Crippen LogP contribution in [-0.2, 0) is 0 Å². The number of hydrogen-bond acceptors (Lipinski definition) is 2. The molecular weight excluding hydrogens is 241 g/mol. The fourth-order valence-electron chi connectivity index (χ4n) is 0.896. The van der Waals surface area contributed by atoms with Crippen LogP contribution in [0, 0.1) is 0 Å². The average Bonchev–Trinajstić information content (AvgIpc) is 2.14. The summed E-state index contributed by atoms with van der Waals surface area (Å²) >= 11 is 11.5. The highest BCUT2D eigenvalue weighted by Gasteiger charge is 2.14. The Labute approximate surface area is 95.5 Å². The van der Waals surface area contributed by atoms with E-state index in [-0.39, 0.29) is 15.6 Å². The lowest BCUT2D eigenvalue weighted by Gasteiger charge is -2.07. The van der Waals surface area contributed by atoms with Crippen molar-refractivity contribution in [2.45, 2.75) is 0 Å². The molecule has 0 aromatic heterocycles. The monoisotopic (exact) mass is 247 g/mol. The van der Waals surface area contributed by atoms with Crippen molar-refractivity contribution in [3.05, 3.63) is 33.8 Å². The SMILES string of the molecule is NC(=O)NNC(=O)c1c(Cl)cccc1Cl. The number of urea groups is 1. The number of nitrogens with two attached hydrogens (primary N) is 1. The Morgan fingerprint density at radius 3 is 2.13 bits per heavy atom. The number of benzene rings is 1. The number of hydrogen-bond donors (Lipinski definition) is 3. The molecule has 0 radical (unpaired) electrons. The van der Waals surface area contributed by atoms with E-state index in [1.807, 2.05) is 10.9 Å². The molecule has 0 aliphatic carbocycles. The zero-order chi connectivity index (χ0) is 11.4. The van der Waals surface area contributed by atoms with Crippen LogP contribution in [0.5, 0.6) is 0 Å². The minimum atomic E-state index is -0.883. The third-order valence-electron chi connectivity index (χ3n) is 1.49. The first-order chi connectivity index (χ1) is 7.02. The van der Waals surface area contributed by atoms with E-state index in [9.17, 15) is 9.59 Å². The lowest BCUT2D eigenvalue weighted by Crippen LogP contribution is -2.44. The molecule has 0 fully saturated rings. The van der Waals surface area contributed by atoms with Crippen molar-refractivity contribution in [2.24, 2.45) is 5.73 Å². The van der Waals surface area contributed by atoms with Crippen LogP contribution in [0.25, 0.3) is 0 Å². The third kappa shape index (κ3) is 3.00. The van der Waals surface area contributed by atoms with Crippen LogP contribution in [0.15, 0.2) is 18.2 Å². The first-order valence-corrected chi connectivity index (χ1v) is 4.57. The van der Waals surface area contributed by atoms with Crippen LogP contribution >= 0.6 is 23.2 Å². The topological polar surface area (TPSA) is 84.2 Å². The van der Waals surface area contributed by atoms with E-state index in [0.717, 1.165) is 0 Å². The zero-order valence-electron chi connectivity index (χ0n) is 7.38. The van der Waals surface area contributed by atoms with Gasteiger partial charge < -0.3 is 5.73 Å². The summed E-state index contributed by atoms with van der Waals surface area (Å²) in [5, 5.41) is 0.373. The van der Waals surface area contributed by atoms with E-state index >= 15 is 0 Å². The highest BCUT2D eigenvalue weighted by atomic mass is 35.5. The minimum Gasteiger partial charge on any atom is -0.350 e. The number of amides is 3. The molecule has 0 atom stereocenters. The molecule has 7 heteroatoms. The molecule has 1 aromatic rings. The Hall–Kier alpha value is -1.46. The summed E-state index contributed by atoms with van der Waals surface area (Å²) < 4.78 is 0. The number of rotatable bonds is 1. The summed E-state index contributed by atoms with van der Waals surface area (Å²) in [6.07, 6.45) is 0. The lowest BCUT2D eigenvalue weighted by atomic mass is 10.2. The Morgan fingerprint density at radius 1 is 1.13 bits per heavy atom. The minimum absolute atomic E-state index is 0.0783. The van der Waals surface area contributed by atoms with Gasteiger partial charge in [0.25, 0.3) is 5.91 Å². The number of hydrazine groups is 1. The molecule has 5 nitrogen and oxygen atoms in total. The maximum Gasteiger partial charge on any atom is 0.330 e. The van der Waals surface area contributed by atoms with Crippen molar-refractivity contribution in [3.8, 4) is 0 Å². The number of carbonyl (C=O) groups is 2. The number of halogens is 2. The standard InChI is InChI=1S/C8H7Cl2N3O2/c9-4-2-1-3-5(10)6(4)7(14)12-13-8(11)15/h1-3H,(H,12,14)(H3,11,13,15). The summed E-state index contributed by atoms with van der Waals surface area (Å²) in [4.78, 5) is 21.8. The van der Waals surface area contributed by atoms with Gasteiger partial charge in [-0.3, -0.25) is 10.2 Å². The van der Waals surface area contributed by atoms with E-state index in [2.05, 4.69) is 0 Å². The Morgan fingerprint density at radius 2 is 1.67 bits per heavy atom. The predicted molar refractivity (Wildman–Crippen MR) is 56.6 cm³/mol. The quantitative estimate of drug-likeness (QED) is 0.654. The lowest BCUT2D eigenvalue weighted by molar-refractivity contribution is 0.0937. The maximum atomic E-state index is 11.4. The van der Waals surface area contributed by atoms with E-state index in [4.69, 9.17) is 28.9 Å². The third-order valence-corrected chi connectivity index (χ3v) is 2.12. The maximum absolute atomic E-state index is 11.4. The summed E-state index contributed by atoms with van der Waals surface area (Å²) in [6, 6.07) is 3.73. The molecule has 80 valence electrons. The smallest absolute Gasteiger partial charge is 0.330 e. The van der Waals surface area contributed by atoms with Crippen LogP contribution in [0.3, 0.4) is 0 Å². The molecule has 0 spiro atoms. The first-order valence-electron chi connectivity index (χ1n) is 3.82. The molecule has 0 aliphatic heterocycles. The molecule has 1 rings (SSSR count). The van der Waals surface area contributed by atoms with Crippen molar-refractivity contribution in [1.29, 1.82) is 0 Å². The largest absolute Gasteiger partial charge is 0.350 e. The molecule has 0 heterocycles. The van der Waals surface area contributed by atoms with Gasteiger partial charge in [-0.25, -0.2) is 10.2 Å². The van der Waals surface area contributed by atoms with Crippen LogP contribution < -0.4 is 16.6 Å². The van der Waals surface area contributed by atoms with Gasteiger partial charge in [0.2, 0.25) is 0 Å². The number of nitrogens with one attached hydrogen (secondary N) is 2. The van der Waals surface area contributed by atoms with Gasteiger partial charge in [-0.05, 0) is 12.1 Å². The molecule has 0 aliphatic rings. The highest BCUT2D eigenvalue weighted by molar-refractivity contribution is 6.39. The van der Waals surface area contributed by atoms with Crippen molar-refractivity contribution >= 4 is 35.1 Å². The van der Waals surface area contributed by atoms with Crippen molar-refractivity contribution < 1.29 is 9.59 Å². The number of carbonyl (C=O) groups excluding carboxylic acids is 2. The fourth-order valence-corrected chi connectivity index (χ4v) is 1.46. The zero-order valence-corrected chi connectivity index (χ0v) is 8.89. The van der Waals surface area contributed by atoms with Gasteiger partial charge in [0.15, 0.2) is 0 Å². The first kappa shape index (κ1) is 11.6. The summed E-state index contributed by atoms with van der Waals surface area (Å²) in [7, 11) is 0. The van der Waals surface area contributed by atoms with Crippen molar-refractivity contribution in [3.63, 3.8) is 0 Å². The van der Waals surface area contributed by atoms with Gasteiger partial charge in [0.05, 0.1) is 15.6 Å². The summed E-state index contributed by atoms with van der Waals surface area (Å²) in [6.45, 7) is 0. The van der Waals surface area contributed by atoms with Crippen LogP contribution in [0.2, 0.25) is 10.0 Å². The predicted octanol–water partition coefficient (Wildman–Crippen LogP) is 1.31. The number of primary amides is 1. The van der Waals surface area contributed by atoms with Crippen LogP contribution in [0.4, 0.5) is 4.79 Å². The average molecular weight is 248 g/mol. The molecule has 1 aromatic carbocycles. The van der Waals surface area contributed by atoms with Gasteiger partial charge in [0, 0.05) is 0 Å². The molecule has 4 N–H and O–H groups in total. The second-order valence-corrected chi connectivity index (χ2v) is 3.35. The van der Waals surface area contributed by atoms with Crippen molar-refractivity contribution in [2.75, 3.05) is 0 Å². The van der Waals surface area contributed by atoms with Crippen molar-refractivity contribution in [1.82, 2.24) is 10.9 Å². The van der Waals surface area contributed by atoms with Gasteiger partial charge in [0.1, 0.15) is 0 Å². The Kier molecular flexibility index (Phi) is 3.76. The molecule has 0 saturated heterocycles. The molecule has 15 heavy (non-hydrogen) atoms. The second-order valence-electron chi connectivity index (χ2n) is 2.54. The fraction of sp³-hybridized carbons (Fsp3) is 0. The van der Waals surface area contributed by atoms with E-state index in [1.54, 1.807) is 6.07 Å². The molecule has 3 amide bonds. The van der Waals surface area contributed by atoms with Crippen LogP contribution in [-0.4, -0.2) is 11.9 Å². The van der Waals surface area contributed by atoms with E-state index in [0.29, 0.717) is 0 Å². The summed E-state index contributed by atoms with van der Waals surface area (Å²) in [5.74, 6) is -0.635. The van der Waals surface area contributed by atoms with Gasteiger partial charge in [-0.1, -0.05) is 29.3 Å². The molecule has 0 unspecified atom stereocenters. The van der Waals surface area contributed by atoms with E-state index in [1.165, 1.54) is 12.1 Å². The Balaban J connectivity index is 2.86. The summed E-state index contributed by atoms with van der Waals surface area (Å²) in [5.41, 5.74) is 8.81. The molecule has 0 saturated carbocycles.